The van der Waals surface area contributed by atoms with Gasteiger partial charge >= 0.3 is 0 Å². The molecule has 118 valence electrons. The van der Waals surface area contributed by atoms with Crippen LogP contribution in [0.5, 0.6) is 0 Å². The SMILES string of the molecule is CCN(C(=O)Cn1nnc2ccccc21)[C@H]1CCS(=O)(=O)C1. The van der Waals surface area contributed by atoms with E-state index in [1.54, 1.807) is 9.58 Å². The Hall–Kier alpha value is -1.96. The van der Waals surface area contributed by atoms with E-state index in [-0.39, 0.29) is 30.0 Å². The van der Waals surface area contributed by atoms with Crippen LogP contribution in [0.3, 0.4) is 0 Å². The van der Waals surface area contributed by atoms with Crippen molar-refractivity contribution in [2.75, 3.05) is 18.1 Å². The highest BCUT2D eigenvalue weighted by Crippen LogP contribution is 2.18. The van der Waals surface area contributed by atoms with Crippen LogP contribution in [0, 0.1) is 0 Å². The minimum Gasteiger partial charge on any atom is -0.337 e. The van der Waals surface area contributed by atoms with Crippen LogP contribution in [0.2, 0.25) is 0 Å². The molecule has 8 heteroatoms. The Morgan fingerprint density at radius 2 is 2.18 bits per heavy atom. The molecular weight excluding hydrogens is 304 g/mol. The summed E-state index contributed by atoms with van der Waals surface area (Å²) in [5.74, 6) is 0.0959. The van der Waals surface area contributed by atoms with E-state index in [0.29, 0.717) is 13.0 Å². The lowest BCUT2D eigenvalue weighted by Gasteiger charge is -2.26. The Morgan fingerprint density at radius 3 is 2.86 bits per heavy atom. The van der Waals surface area contributed by atoms with Crippen LogP contribution in [0.4, 0.5) is 0 Å². The fraction of sp³-hybridized carbons (Fsp3) is 0.500. The number of fused-ring (bicyclic) bond motifs is 1. The molecule has 1 fully saturated rings. The number of carbonyl (C=O) groups is 1. The molecule has 1 aliphatic heterocycles. The van der Waals surface area contributed by atoms with Gasteiger partial charge in [0.25, 0.3) is 0 Å². The highest BCUT2D eigenvalue weighted by Gasteiger charge is 2.34. The van der Waals surface area contributed by atoms with Crippen molar-refractivity contribution in [3.05, 3.63) is 24.3 Å². The molecule has 1 saturated heterocycles. The number of para-hydroxylation sites is 1. The van der Waals surface area contributed by atoms with Gasteiger partial charge in [-0.1, -0.05) is 17.3 Å². The van der Waals surface area contributed by atoms with Crippen LogP contribution in [0.25, 0.3) is 11.0 Å². The molecule has 2 heterocycles. The predicted molar refractivity (Wildman–Crippen MR) is 82.0 cm³/mol. The van der Waals surface area contributed by atoms with Gasteiger partial charge in [0.15, 0.2) is 9.84 Å². The molecule has 1 aromatic carbocycles. The predicted octanol–water partition coefficient (Wildman–Crippen LogP) is 0.467. The minimum absolute atomic E-state index is 0.0602. The van der Waals surface area contributed by atoms with Crippen LogP contribution in [-0.2, 0) is 21.2 Å². The van der Waals surface area contributed by atoms with Gasteiger partial charge in [-0.3, -0.25) is 4.79 Å². The standard InChI is InChI=1S/C14H18N4O3S/c1-2-17(11-7-8-22(20,21)10-11)14(19)9-18-13-6-4-3-5-12(13)15-16-18/h3-6,11H,2,7-10H2,1H3/t11-/m0/s1. The monoisotopic (exact) mass is 322 g/mol. The zero-order valence-electron chi connectivity index (χ0n) is 12.3. The number of aromatic nitrogens is 3. The smallest absolute Gasteiger partial charge is 0.244 e. The Labute approximate surface area is 128 Å². The first-order valence-corrected chi connectivity index (χ1v) is 9.10. The van der Waals surface area contributed by atoms with Crippen LogP contribution < -0.4 is 0 Å². The van der Waals surface area contributed by atoms with Crippen molar-refractivity contribution in [2.45, 2.75) is 25.9 Å². The van der Waals surface area contributed by atoms with E-state index in [4.69, 9.17) is 0 Å². The Bertz CT molecular complexity index is 799. The molecule has 1 atom stereocenters. The van der Waals surface area contributed by atoms with Gasteiger partial charge in [-0.15, -0.1) is 5.10 Å². The fourth-order valence-corrected chi connectivity index (χ4v) is 4.64. The molecule has 0 unspecified atom stereocenters. The molecule has 0 radical (unpaired) electrons. The van der Waals surface area contributed by atoms with E-state index < -0.39 is 9.84 Å². The van der Waals surface area contributed by atoms with Crippen molar-refractivity contribution < 1.29 is 13.2 Å². The van der Waals surface area contributed by atoms with Crippen LogP contribution in [-0.4, -0.2) is 58.3 Å². The van der Waals surface area contributed by atoms with E-state index >= 15 is 0 Å². The molecule has 2 aromatic rings. The molecule has 0 spiro atoms. The molecular formula is C14H18N4O3S. The zero-order chi connectivity index (χ0) is 15.7. The lowest BCUT2D eigenvalue weighted by atomic mass is 10.2. The number of hydrogen-bond acceptors (Lipinski definition) is 5. The molecule has 0 N–H and O–H groups in total. The van der Waals surface area contributed by atoms with Crippen molar-refractivity contribution in [3.63, 3.8) is 0 Å². The van der Waals surface area contributed by atoms with Gasteiger partial charge in [-0.25, -0.2) is 13.1 Å². The number of benzene rings is 1. The van der Waals surface area contributed by atoms with Gasteiger partial charge in [0.05, 0.1) is 17.0 Å². The summed E-state index contributed by atoms with van der Waals surface area (Å²) in [6, 6.07) is 7.21. The van der Waals surface area contributed by atoms with Crippen LogP contribution >= 0.6 is 0 Å². The van der Waals surface area contributed by atoms with Crippen molar-refractivity contribution in [3.8, 4) is 0 Å². The zero-order valence-corrected chi connectivity index (χ0v) is 13.2. The van der Waals surface area contributed by atoms with Crippen molar-refractivity contribution in [1.82, 2.24) is 19.9 Å². The molecule has 22 heavy (non-hydrogen) atoms. The summed E-state index contributed by atoms with van der Waals surface area (Å²) in [7, 11) is -3.01. The van der Waals surface area contributed by atoms with Gasteiger partial charge < -0.3 is 4.90 Å². The number of hydrogen-bond donors (Lipinski definition) is 0. The van der Waals surface area contributed by atoms with Crippen molar-refractivity contribution in [2.24, 2.45) is 0 Å². The number of carbonyl (C=O) groups excluding carboxylic acids is 1. The van der Waals surface area contributed by atoms with E-state index in [1.165, 1.54) is 0 Å². The van der Waals surface area contributed by atoms with Crippen LogP contribution in [0.1, 0.15) is 13.3 Å². The van der Waals surface area contributed by atoms with Crippen molar-refractivity contribution in [1.29, 1.82) is 0 Å². The molecule has 7 nitrogen and oxygen atoms in total. The first-order valence-electron chi connectivity index (χ1n) is 7.28. The molecule has 1 amide bonds. The van der Waals surface area contributed by atoms with Crippen LogP contribution in [0.15, 0.2) is 24.3 Å². The first-order chi connectivity index (χ1) is 10.5. The maximum atomic E-state index is 12.5. The topological polar surface area (TPSA) is 85.2 Å². The number of rotatable bonds is 4. The minimum atomic E-state index is -3.01. The van der Waals surface area contributed by atoms with Gasteiger partial charge in [-0.2, -0.15) is 0 Å². The summed E-state index contributed by atoms with van der Waals surface area (Å²) in [6.07, 6.45) is 0.514. The number of likely N-dealkylation sites (N-methyl/N-ethyl adjacent to an activating group) is 1. The Morgan fingerprint density at radius 1 is 1.41 bits per heavy atom. The largest absolute Gasteiger partial charge is 0.337 e. The summed E-state index contributed by atoms with van der Waals surface area (Å²) >= 11 is 0. The van der Waals surface area contributed by atoms with E-state index in [2.05, 4.69) is 10.3 Å². The Balaban J connectivity index is 1.78. The average Bonchev–Trinajstić information content (AvgIpc) is 3.04. The third-order valence-corrected chi connectivity index (χ3v) is 5.77. The van der Waals surface area contributed by atoms with Gasteiger partial charge in [0.1, 0.15) is 12.1 Å². The van der Waals surface area contributed by atoms with Gasteiger partial charge in [-0.05, 0) is 25.5 Å². The van der Waals surface area contributed by atoms with Crippen molar-refractivity contribution >= 4 is 26.8 Å². The third kappa shape index (κ3) is 2.83. The maximum Gasteiger partial charge on any atom is 0.244 e. The molecule has 3 rings (SSSR count). The maximum absolute atomic E-state index is 12.5. The van der Waals surface area contributed by atoms with E-state index in [0.717, 1.165) is 11.0 Å². The lowest BCUT2D eigenvalue weighted by Crippen LogP contribution is -2.42. The number of sulfone groups is 1. The molecule has 0 aliphatic carbocycles. The number of nitrogens with zero attached hydrogens (tertiary/aromatic N) is 4. The first kappa shape index (κ1) is 15.0. The van der Waals surface area contributed by atoms with Gasteiger partial charge in [0.2, 0.25) is 5.91 Å². The summed E-state index contributed by atoms with van der Waals surface area (Å²) in [5, 5.41) is 8.03. The second kappa shape index (κ2) is 5.68. The highest BCUT2D eigenvalue weighted by atomic mass is 32.2. The third-order valence-electron chi connectivity index (χ3n) is 4.02. The molecule has 1 aromatic heterocycles. The summed E-state index contributed by atoms with van der Waals surface area (Å²) in [5.41, 5.74) is 1.53. The highest BCUT2D eigenvalue weighted by molar-refractivity contribution is 7.91. The quantitative estimate of drug-likeness (QED) is 0.817. The summed E-state index contributed by atoms with van der Waals surface area (Å²) in [4.78, 5) is 14.2. The fourth-order valence-electron chi connectivity index (χ4n) is 2.91. The number of amides is 1. The second-order valence-electron chi connectivity index (χ2n) is 5.47. The Kier molecular flexibility index (Phi) is 3.86. The summed E-state index contributed by atoms with van der Waals surface area (Å²) in [6.45, 7) is 2.43. The second-order valence-corrected chi connectivity index (χ2v) is 7.70. The van der Waals surface area contributed by atoms with E-state index in [9.17, 15) is 13.2 Å². The van der Waals surface area contributed by atoms with E-state index in [1.807, 2.05) is 31.2 Å². The normalized spacial score (nSPS) is 20.3. The lowest BCUT2D eigenvalue weighted by molar-refractivity contribution is -0.133. The molecule has 0 saturated carbocycles. The van der Waals surface area contributed by atoms with Gasteiger partial charge in [0, 0.05) is 12.6 Å². The average molecular weight is 322 g/mol. The summed E-state index contributed by atoms with van der Waals surface area (Å²) < 4.78 is 24.8. The molecule has 0 bridgehead atoms. The molecule has 1 aliphatic rings.